The molecule has 2 nitrogen and oxygen atoms in total. The summed E-state index contributed by atoms with van der Waals surface area (Å²) in [5.41, 5.74) is 0. The van der Waals surface area contributed by atoms with E-state index >= 15 is 0 Å². The molecule has 1 heterocycles. The molecule has 1 amide bonds. The zero-order chi connectivity index (χ0) is 8.97. The smallest absolute Gasteiger partial charge is 0.223 e. The molecule has 0 aromatic heterocycles. The van der Waals surface area contributed by atoms with Gasteiger partial charge < -0.3 is 4.90 Å². The van der Waals surface area contributed by atoms with Gasteiger partial charge in [-0.3, -0.25) is 4.79 Å². The number of hydrogen-bond acceptors (Lipinski definition) is 2. The highest BCUT2D eigenvalue weighted by Crippen LogP contribution is 2.18. The first-order valence-corrected chi connectivity index (χ1v) is 5.86. The van der Waals surface area contributed by atoms with E-state index in [9.17, 15) is 4.79 Å². The molecule has 1 atom stereocenters. The van der Waals surface area contributed by atoms with Gasteiger partial charge in [0.25, 0.3) is 0 Å². The summed E-state index contributed by atoms with van der Waals surface area (Å²) in [7, 11) is 0. The van der Waals surface area contributed by atoms with Gasteiger partial charge in [-0.25, -0.2) is 0 Å². The Labute approximate surface area is 78.7 Å². The van der Waals surface area contributed by atoms with Gasteiger partial charge in [0.05, 0.1) is 5.37 Å². The quantitative estimate of drug-likeness (QED) is 0.660. The topological polar surface area (TPSA) is 20.3 Å². The summed E-state index contributed by atoms with van der Waals surface area (Å²) in [4.78, 5) is 13.5. The maximum Gasteiger partial charge on any atom is 0.223 e. The fraction of sp³-hybridized carbons (Fsp3) is 0.889. The Morgan fingerprint density at radius 1 is 1.42 bits per heavy atom. The Bertz CT molecular complexity index is 161. The fourth-order valence-corrected chi connectivity index (χ4v) is 1.99. The second kappa shape index (κ2) is 4.75. The van der Waals surface area contributed by atoms with Gasteiger partial charge in [-0.1, -0.05) is 6.42 Å². The van der Waals surface area contributed by atoms with Gasteiger partial charge in [-0.05, 0) is 26.0 Å². The molecule has 0 aromatic carbocycles. The van der Waals surface area contributed by atoms with Crippen LogP contribution in [0.15, 0.2) is 0 Å². The van der Waals surface area contributed by atoms with E-state index in [0.29, 0.717) is 11.3 Å². The van der Waals surface area contributed by atoms with Crippen molar-refractivity contribution >= 4 is 17.7 Å². The Morgan fingerprint density at radius 2 is 2.17 bits per heavy atom. The number of carbonyl (C=O) groups excluding carboxylic acids is 1. The molecule has 0 radical (unpaired) electrons. The third kappa shape index (κ3) is 2.41. The molecule has 0 N–H and O–H groups in total. The SMILES string of the molecule is CSC(C)N1CCCCCC1=O. The first-order chi connectivity index (χ1) is 5.75. The normalized spacial score (nSPS) is 22.2. The lowest BCUT2D eigenvalue weighted by atomic mass is 10.2. The number of rotatable bonds is 2. The first-order valence-electron chi connectivity index (χ1n) is 4.58. The maximum absolute atomic E-state index is 11.5. The van der Waals surface area contributed by atoms with E-state index in [1.54, 1.807) is 11.8 Å². The van der Waals surface area contributed by atoms with Crippen molar-refractivity contribution in [1.29, 1.82) is 0 Å². The number of nitrogens with zero attached hydrogens (tertiary/aromatic N) is 1. The van der Waals surface area contributed by atoms with E-state index in [2.05, 4.69) is 13.2 Å². The van der Waals surface area contributed by atoms with E-state index < -0.39 is 0 Å². The van der Waals surface area contributed by atoms with E-state index in [4.69, 9.17) is 0 Å². The van der Waals surface area contributed by atoms with Crippen LogP contribution >= 0.6 is 11.8 Å². The number of carbonyl (C=O) groups is 1. The average molecular weight is 187 g/mol. The van der Waals surface area contributed by atoms with Crippen LogP contribution in [0.25, 0.3) is 0 Å². The Morgan fingerprint density at radius 3 is 2.83 bits per heavy atom. The molecule has 3 heteroatoms. The van der Waals surface area contributed by atoms with Gasteiger partial charge in [0.2, 0.25) is 5.91 Å². The van der Waals surface area contributed by atoms with Crippen LogP contribution in [0, 0.1) is 0 Å². The zero-order valence-corrected chi connectivity index (χ0v) is 8.69. The molecule has 1 saturated heterocycles. The second-order valence-corrected chi connectivity index (χ2v) is 4.39. The molecule has 1 aliphatic rings. The zero-order valence-electron chi connectivity index (χ0n) is 7.88. The van der Waals surface area contributed by atoms with Gasteiger partial charge in [-0.15, -0.1) is 11.8 Å². The van der Waals surface area contributed by atoms with E-state index in [0.717, 1.165) is 19.4 Å². The number of thioether (sulfide) groups is 1. The minimum Gasteiger partial charge on any atom is -0.331 e. The van der Waals surface area contributed by atoms with Gasteiger partial charge >= 0.3 is 0 Å². The molecule has 0 aromatic rings. The summed E-state index contributed by atoms with van der Waals surface area (Å²) in [6.45, 7) is 3.06. The first kappa shape index (κ1) is 9.90. The van der Waals surface area contributed by atoms with E-state index in [-0.39, 0.29) is 0 Å². The minimum atomic E-state index is 0.342. The van der Waals surface area contributed by atoms with Crippen LogP contribution in [-0.2, 0) is 4.79 Å². The van der Waals surface area contributed by atoms with Crippen molar-refractivity contribution in [2.75, 3.05) is 12.8 Å². The summed E-state index contributed by atoms with van der Waals surface area (Å²) < 4.78 is 0. The van der Waals surface area contributed by atoms with Crippen LogP contribution in [0.5, 0.6) is 0 Å². The number of likely N-dealkylation sites (tertiary alicyclic amines) is 1. The van der Waals surface area contributed by atoms with Crippen molar-refractivity contribution in [2.45, 2.75) is 38.0 Å². The molecule has 1 aliphatic heterocycles. The molecule has 1 unspecified atom stereocenters. The third-order valence-corrected chi connectivity index (χ3v) is 3.33. The molecule has 0 saturated carbocycles. The molecule has 1 fully saturated rings. The largest absolute Gasteiger partial charge is 0.331 e. The van der Waals surface area contributed by atoms with Crippen LogP contribution in [-0.4, -0.2) is 29.0 Å². The van der Waals surface area contributed by atoms with Crippen molar-refractivity contribution in [3.63, 3.8) is 0 Å². The van der Waals surface area contributed by atoms with Crippen LogP contribution in [0.1, 0.15) is 32.6 Å². The Kier molecular flexibility index (Phi) is 3.92. The standard InChI is InChI=1S/C9H17NOS/c1-8(12-2)10-7-5-3-4-6-9(10)11/h8H,3-7H2,1-2H3. The van der Waals surface area contributed by atoms with Crippen LogP contribution in [0.2, 0.25) is 0 Å². The summed E-state index contributed by atoms with van der Waals surface area (Å²) in [5.74, 6) is 0.342. The van der Waals surface area contributed by atoms with Crippen LogP contribution in [0.4, 0.5) is 0 Å². The Balaban J connectivity index is 2.52. The number of hydrogen-bond donors (Lipinski definition) is 0. The highest BCUT2D eigenvalue weighted by Gasteiger charge is 2.20. The summed E-state index contributed by atoms with van der Waals surface area (Å²) in [6.07, 6.45) is 6.28. The van der Waals surface area contributed by atoms with Gasteiger partial charge in [-0.2, -0.15) is 0 Å². The lowest BCUT2D eigenvalue weighted by Crippen LogP contribution is -2.36. The molecule has 70 valence electrons. The molecule has 0 spiro atoms. The van der Waals surface area contributed by atoms with Gasteiger partial charge in [0, 0.05) is 13.0 Å². The van der Waals surface area contributed by atoms with Crippen molar-refractivity contribution in [3.8, 4) is 0 Å². The molecule has 12 heavy (non-hydrogen) atoms. The van der Waals surface area contributed by atoms with Crippen molar-refractivity contribution in [1.82, 2.24) is 4.90 Å². The van der Waals surface area contributed by atoms with Crippen LogP contribution in [0.3, 0.4) is 0 Å². The fourth-order valence-electron chi connectivity index (χ4n) is 1.52. The predicted octanol–water partition coefficient (Wildman–Crippen LogP) is 2.10. The van der Waals surface area contributed by atoms with Gasteiger partial charge in [0.1, 0.15) is 0 Å². The lowest BCUT2D eigenvalue weighted by molar-refractivity contribution is -0.131. The minimum absolute atomic E-state index is 0.342. The highest BCUT2D eigenvalue weighted by molar-refractivity contribution is 7.99. The molecular weight excluding hydrogens is 170 g/mol. The molecule has 0 aliphatic carbocycles. The predicted molar refractivity (Wildman–Crippen MR) is 53.2 cm³/mol. The maximum atomic E-state index is 11.5. The van der Waals surface area contributed by atoms with Gasteiger partial charge in [0.15, 0.2) is 0 Å². The molecule has 0 bridgehead atoms. The molecule has 1 rings (SSSR count). The summed E-state index contributed by atoms with van der Waals surface area (Å²) in [6, 6.07) is 0. The van der Waals surface area contributed by atoms with Crippen molar-refractivity contribution < 1.29 is 4.79 Å². The summed E-state index contributed by atoms with van der Waals surface area (Å²) in [5, 5.41) is 0.357. The van der Waals surface area contributed by atoms with Crippen molar-refractivity contribution in [2.24, 2.45) is 0 Å². The lowest BCUT2D eigenvalue weighted by Gasteiger charge is -2.26. The number of amides is 1. The summed E-state index contributed by atoms with van der Waals surface area (Å²) >= 11 is 1.75. The monoisotopic (exact) mass is 187 g/mol. The highest BCUT2D eigenvalue weighted by atomic mass is 32.2. The van der Waals surface area contributed by atoms with Crippen LogP contribution < -0.4 is 0 Å². The third-order valence-electron chi connectivity index (χ3n) is 2.39. The van der Waals surface area contributed by atoms with E-state index in [1.165, 1.54) is 12.8 Å². The Hall–Kier alpha value is -0.180. The van der Waals surface area contributed by atoms with E-state index in [1.807, 2.05) is 4.90 Å². The van der Waals surface area contributed by atoms with Crippen molar-refractivity contribution in [3.05, 3.63) is 0 Å². The molecular formula is C9H17NOS. The average Bonchev–Trinajstić information content (AvgIpc) is 2.28. The second-order valence-electron chi connectivity index (χ2n) is 3.23.